The molecule has 0 aliphatic rings. The van der Waals surface area contributed by atoms with Gasteiger partial charge < -0.3 is 5.32 Å². The molecule has 1 N–H and O–H groups in total. The van der Waals surface area contributed by atoms with Gasteiger partial charge in [-0.15, -0.1) is 0 Å². The summed E-state index contributed by atoms with van der Waals surface area (Å²) >= 11 is 0. The van der Waals surface area contributed by atoms with Gasteiger partial charge in [-0.05, 0) is 31.0 Å². The molecule has 28 heavy (non-hydrogen) atoms. The Bertz CT molecular complexity index is 1100. The standard InChI is InChI=1S/C20H21N7O/c1-14(2)27-19-17(10-24-27)7-18(9-22-19)20(28)23-8-15-5-3-4-6-16(15)11-26-13-21-12-25-26/h3-7,9-10,12-14H,8,11H2,1-2H3,(H,23,28). The molecule has 1 amide bonds. The molecule has 1 aromatic carbocycles. The minimum absolute atomic E-state index is 0.165. The van der Waals surface area contributed by atoms with Crippen molar-refractivity contribution in [2.75, 3.05) is 0 Å². The number of hydrogen-bond acceptors (Lipinski definition) is 5. The topological polar surface area (TPSA) is 90.5 Å². The van der Waals surface area contributed by atoms with Crippen LogP contribution in [0.3, 0.4) is 0 Å². The molecule has 142 valence electrons. The first kappa shape index (κ1) is 17.8. The van der Waals surface area contributed by atoms with E-state index in [1.807, 2.05) is 48.9 Å². The average molecular weight is 375 g/mol. The lowest BCUT2D eigenvalue weighted by Gasteiger charge is -2.11. The molecule has 4 aromatic rings. The van der Waals surface area contributed by atoms with E-state index in [1.165, 1.54) is 6.33 Å². The number of aromatic nitrogens is 6. The lowest BCUT2D eigenvalue weighted by molar-refractivity contribution is 0.0950. The first-order valence-corrected chi connectivity index (χ1v) is 9.12. The van der Waals surface area contributed by atoms with Gasteiger partial charge in [-0.3, -0.25) is 4.79 Å². The fraction of sp³-hybridized carbons (Fsp3) is 0.250. The van der Waals surface area contributed by atoms with Crippen LogP contribution in [0.15, 0.2) is 55.4 Å². The molecular formula is C20H21N7O. The molecule has 0 radical (unpaired) electrons. The number of nitrogens with one attached hydrogen (secondary N) is 1. The van der Waals surface area contributed by atoms with Gasteiger partial charge in [0.25, 0.3) is 5.91 Å². The van der Waals surface area contributed by atoms with Gasteiger partial charge >= 0.3 is 0 Å². The first-order valence-electron chi connectivity index (χ1n) is 9.12. The van der Waals surface area contributed by atoms with Crippen molar-refractivity contribution < 1.29 is 4.79 Å². The molecule has 0 unspecified atom stereocenters. The lowest BCUT2D eigenvalue weighted by atomic mass is 10.1. The predicted octanol–water partition coefficient (Wildman–Crippen LogP) is 2.58. The van der Waals surface area contributed by atoms with Crippen molar-refractivity contribution in [2.24, 2.45) is 0 Å². The zero-order valence-corrected chi connectivity index (χ0v) is 15.8. The smallest absolute Gasteiger partial charge is 0.253 e. The first-order chi connectivity index (χ1) is 13.6. The highest BCUT2D eigenvalue weighted by molar-refractivity contribution is 5.96. The van der Waals surface area contributed by atoms with Crippen LogP contribution in [0.25, 0.3) is 11.0 Å². The van der Waals surface area contributed by atoms with Gasteiger partial charge in [0.05, 0.1) is 18.3 Å². The predicted molar refractivity (Wildman–Crippen MR) is 105 cm³/mol. The maximum absolute atomic E-state index is 12.6. The van der Waals surface area contributed by atoms with Gasteiger partial charge in [0.1, 0.15) is 12.7 Å². The molecule has 0 atom stereocenters. The summed E-state index contributed by atoms with van der Waals surface area (Å²) in [7, 11) is 0. The number of rotatable bonds is 6. The molecule has 8 nitrogen and oxygen atoms in total. The fourth-order valence-electron chi connectivity index (χ4n) is 3.09. The molecule has 3 aromatic heterocycles. The highest BCUT2D eigenvalue weighted by Crippen LogP contribution is 2.17. The SMILES string of the molecule is CC(C)n1ncc2cc(C(=O)NCc3ccccc3Cn3cncn3)cnc21. The van der Waals surface area contributed by atoms with Crippen LogP contribution in [-0.2, 0) is 13.1 Å². The Morgan fingerprint density at radius 1 is 1.14 bits per heavy atom. The Morgan fingerprint density at radius 3 is 2.71 bits per heavy atom. The van der Waals surface area contributed by atoms with E-state index in [0.29, 0.717) is 18.7 Å². The van der Waals surface area contributed by atoms with Crippen molar-refractivity contribution >= 4 is 16.9 Å². The van der Waals surface area contributed by atoms with E-state index in [1.54, 1.807) is 23.4 Å². The molecular weight excluding hydrogens is 354 g/mol. The summed E-state index contributed by atoms with van der Waals surface area (Å²) in [6.07, 6.45) is 6.52. The van der Waals surface area contributed by atoms with E-state index in [9.17, 15) is 4.79 Å². The highest BCUT2D eigenvalue weighted by Gasteiger charge is 2.12. The number of benzene rings is 1. The minimum Gasteiger partial charge on any atom is -0.348 e. The van der Waals surface area contributed by atoms with Crippen molar-refractivity contribution in [1.82, 2.24) is 34.8 Å². The summed E-state index contributed by atoms with van der Waals surface area (Å²) < 4.78 is 3.60. The molecule has 0 aliphatic carbocycles. The van der Waals surface area contributed by atoms with Crippen LogP contribution in [0.2, 0.25) is 0 Å². The number of amides is 1. The zero-order chi connectivity index (χ0) is 19.5. The lowest BCUT2D eigenvalue weighted by Crippen LogP contribution is -2.23. The number of pyridine rings is 1. The van der Waals surface area contributed by atoms with Crippen LogP contribution in [0.1, 0.15) is 41.4 Å². The molecule has 3 heterocycles. The summed E-state index contributed by atoms with van der Waals surface area (Å²) in [4.78, 5) is 21.0. The highest BCUT2D eigenvalue weighted by atomic mass is 16.1. The van der Waals surface area contributed by atoms with Crippen molar-refractivity contribution in [2.45, 2.75) is 33.0 Å². The molecule has 0 saturated heterocycles. The molecule has 0 aliphatic heterocycles. The third kappa shape index (κ3) is 3.62. The summed E-state index contributed by atoms with van der Waals surface area (Å²) in [6, 6.07) is 10.00. The molecule has 8 heteroatoms. The van der Waals surface area contributed by atoms with Gasteiger partial charge in [-0.2, -0.15) is 10.2 Å². The van der Waals surface area contributed by atoms with Crippen molar-refractivity contribution in [1.29, 1.82) is 0 Å². The van der Waals surface area contributed by atoms with Crippen LogP contribution < -0.4 is 5.32 Å². The molecule has 0 saturated carbocycles. The zero-order valence-electron chi connectivity index (χ0n) is 15.8. The van der Waals surface area contributed by atoms with Crippen molar-refractivity contribution in [3.63, 3.8) is 0 Å². The van der Waals surface area contributed by atoms with Crippen LogP contribution in [0.5, 0.6) is 0 Å². The minimum atomic E-state index is -0.165. The maximum Gasteiger partial charge on any atom is 0.253 e. The van der Waals surface area contributed by atoms with E-state index in [2.05, 4.69) is 25.5 Å². The van der Waals surface area contributed by atoms with E-state index in [0.717, 1.165) is 22.2 Å². The van der Waals surface area contributed by atoms with Gasteiger partial charge in [0, 0.05) is 24.2 Å². The Labute approximate surface area is 162 Å². The van der Waals surface area contributed by atoms with Gasteiger partial charge in [0.15, 0.2) is 5.65 Å². The Kier molecular flexibility index (Phi) is 4.84. The summed E-state index contributed by atoms with van der Waals surface area (Å²) in [5.74, 6) is -0.165. The quantitative estimate of drug-likeness (QED) is 0.559. The average Bonchev–Trinajstić information content (AvgIpc) is 3.36. The van der Waals surface area contributed by atoms with Crippen LogP contribution in [-0.4, -0.2) is 35.4 Å². The van der Waals surface area contributed by atoms with E-state index >= 15 is 0 Å². The summed E-state index contributed by atoms with van der Waals surface area (Å²) in [5, 5.41) is 12.3. The second kappa shape index (κ2) is 7.59. The Balaban J connectivity index is 1.48. The Morgan fingerprint density at radius 2 is 1.96 bits per heavy atom. The van der Waals surface area contributed by atoms with Crippen molar-refractivity contribution in [3.8, 4) is 0 Å². The van der Waals surface area contributed by atoms with Crippen LogP contribution in [0.4, 0.5) is 0 Å². The van der Waals surface area contributed by atoms with E-state index in [4.69, 9.17) is 0 Å². The van der Waals surface area contributed by atoms with Crippen molar-refractivity contribution in [3.05, 3.63) is 72.1 Å². The Hall–Kier alpha value is -3.55. The van der Waals surface area contributed by atoms with Crippen LogP contribution >= 0.6 is 0 Å². The largest absolute Gasteiger partial charge is 0.348 e. The normalized spacial score (nSPS) is 11.2. The monoisotopic (exact) mass is 375 g/mol. The van der Waals surface area contributed by atoms with Gasteiger partial charge in [-0.25, -0.2) is 19.3 Å². The van der Waals surface area contributed by atoms with Crippen LogP contribution in [0, 0.1) is 0 Å². The maximum atomic E-state index is 12.6. The molecule has 4 rings (SSSR count). The van der Waals surface area contributed by atoms with E-state index in [-0.39, 0.29) is 11.9 Å². The number of carbonyl (C=O) groups excluding carboxylic acids is 1. The third-order valence-electron chi connectivity index (χ3n) is 4.54. The fourth-order valence-corrected chi connectivity index (χ4v) is 3.09. The summed E-state index contributed by atoms with van der Waals surface area (Å²) in [6.45, 7) is 5.12. The molecule has 0 bridgehead atoms. The second-order valence-electron chi connectivity index (χ2n) is 6.86. The second-order valence-corrected chi connectivity index (χ2v) is 6.86. The summed E-state index contributed by atoms with van der Waals surface area (Å²) in [5.41, 5.74) is 3.42. The van der Waals surface area contributed by atoms with E-state index < -0.39 is 0 Å². The number of hydrogen-bond donors (Lipinski definition) is 1. The molecule has 0 spiro atoms. The third-order valence-corrected chi connectivity index (χ3v) is 4.54. The number of nitrogens with zero attached hydrogens (tertiary/aromatic N) is 6. The van der Waals surface area contributed by atoms with Gasteiger partial charge in [-0.1, -0.05) is 24.3 Å². The number of carbonyl (C=O) groups is 1. The van der Waals surface area contributed by atoms with Gasteiger partial charge in [0.2, 0.25) is 0 Å². The number of fused-ring (bicyclic) bond motifs is 1. The molecule has 0 fully saturated rings.